The fourth-order valence-corrected chi connectivity index (χ4v) is 2.95. The van der Waals surface area contributed by atoms with E-state index in [9.17, 15) is 4.79 Å². The third-order valence-corrected chi connectivity index (χ3v) is 4.30. The SMILES string of the molecule is Cc1ccc(-c2nc(CC(=O)Nc3cnn(C(C)(C)C)c3)cs2)o1. The maximum Gasteiger partial charge on any atom is 0.230 e. The minimum atomic E-state index is -0.117. The lowest BCUT2D eigenvalue weighted by atomic mass is 10.1. The molecule has 0 bridgehead atoms. The highest BCUT2D eigenvalue weighted by Gasteiger charge is 2.16. The van der Waals surface area contributed by atoms with Crippen molar-refractivity contribution in [2.24, 2.45) is 0 Å². The zero-order valence-corrected chi connectivity index (χ0v) is 15.0. The number of furan rings is 1. The number of amides is 1. The van der Waals surface area contributed by atoms with Crippen LogP contribution < -0.4 is 5.32 Å². The fourth-order valence-electron chi connectivity index (χ4n) is 2.17. The molecule has 0 aliphatic rings. The molecule has 0 saturated carbocycles. The topological polar surface area (TPSA) is 73.0 Å². The Bertz CT molecular complexity index is 854. The van der Waals surface area contributed by atoms with Gasteiger partial charge in [-0.05, 0) is 39.8 Å². The van der Waals surface area contributed by atoms with Crippen molar-refractivity contribution in [3.05, 3.63) is 41.4 Å². The van der Waals surface area contributed by atoms with E-state index in [1.807, 2.05) is 35.3 Å². The molecule has 3 heterocycles. The van der Waals surface area contributed by atoms with Gasteiger partial charge in [-0.2, -0.15) is 5.10 Å². The third kappa shape index (κ3) is 3.73. The van der Waals surface area contributed by atoms with Crippen molar-refractivity contribution in [2.45, 2.75) is 39.7 Å². The van der Waals surface area contributed by atoms with E-state index in [1.165, 1.54) is 11.3 Å². The molecule has 0 aliphatic carbocycles. The number of carbonyl (C=O) groups excluding carboxylic acids is 1. The van der Waals surface area contributed by atoms with Crippen LogP contribution in [0.1, 0.15) is 32.2 Å². The Balaban J connectivity index is 1.63. The van der Waals surface area contributed by atoms with Crippen molar-refractivity contribution in [1.29, 1.82) is 0 Å². The molecule has 0 radical (unpaired) electrons. The van der Waals surface area contributed by atoms with Crippen LogP contribution in [0.4, 0.5) is 5.69 Å². The summed E-state index contributed by atoms with van der Waals surface area (Å²) in [6.07, 6.45) is 3.70. The van der Waals surface area contributed by atoms with Crippen molar-refractivity contribution in [3.8, 4) is 10.8 Å². The number of thiazole rings is 1. The summed E-state index contributed by atoms with van der Waals surface area (Å²) in [6, 6.07) is 3.79. The summed E-state index contributed by atoms with van der Waals surface area (Å²) in [4.78, 5) is 16.6. The maximum absolute atomic E-state index is 12.2. The monoisotopic (exact) mass is 344 g/mol. The minimum Gasteiger partial charge on any atom is -0.459 e. The summed E-state index contributed by atoms with van der Waals surface area (Å²) < 4.78 is 7.38. The molecule has 0 aliphatic heterocycles. The van der Waals surface area contributed by atoms with E-state index in [4.69, 9.17) is 4.42 Å². The molecule has 0 saturated heterocycles. The van der Waals surface area contributed by atoms with Gasteiger partial charge >= 0.3 is 0 Å². The van der Waals surface area contributed by atoms with E-state index in [0.29, 0.717) is 5.69 Å². The molecule has 0 spiro atoms. The summed E-state index contributed by atoms with van der Waals surface area (Å²) in [6.45, 7) is 8.06. The number of aromatic nitrogens is 3. The molecule has 0 fully saturated rings. The molecule has 126 valence electrons. The van der Waals surface area contributed by atoms with Crippen LogP contribution in [0.5, 0.6) is 0 Å². The van der Waals surface area contributed by atoms with E-state index in [0.717, 1.165) is 22.2 Å². The summed E-state index contributed by atoms with van der Waals surface area (Å²) in [5, 5.41) is 9.79. The molecule has 0 atom stereocenters. The molecule has 24 heavy (non-hydrogen) atoms. The number of hydrogen-bond donors (Lipinski definition) is 1. The Kier molecular flexibility index (Phi) is 4.28. The Morgan fingerprint density at radius 1 is 1.38 bits per heavy atom. The van der Waals surface area contributed by atoms with E-state index in [-0.39, 0.29) is 17.9 Å². The first-order valence-electron chi connectivity index (χ1n) is 7.67. The highest BCUT2D eigenvalue weighted by molar-refractivity contribution is 7.13. The Labute approximate surface area is 144 Å². The minimum absolute atomic E-state index is 0.115. The lowest BCUT2D eigenvalue weighted by Crippen LogP contribution is -2.22. The molecule has 0 unspecified atom stereocenters. The molecule has 1 N–H and O–H groups in total. The lowest BCUT2D eigenvalue weighted by Gasteiger charge is -2.18. The Hall–Kier alpha value is -2.41. The van der Waals surface area contributed by atoms with E-state index >= 15 is 0 Å². The van der Waals surface area contributed by atoms with Gasteiger partial charge in [0.15, 0.2) is 10.8 Å². The normalized spacial score (nSPS) is 11.7. The molecule has 3 rings (SSSR count). The number of carbonyl (C=O) groups is 1. The van der Waals surface area contributed by atoms with Crippen molar-refractivity contribution in [2.75, 3.05) is 5.32 Å². The van der Waals surface area contributed by atoms with Gasteiger partial charge in [-0.25, -0.2) is 4.98 Å². The second-order valence-electron chi connectivity index (χ2n) is 6.62. The van der Waals surface area contributed by atoms with Crippen LogP contribution in [-0.4, -0.2) is 20.7 Å². The largest absolute Gasteiger partial charge is 0.459 e. The predicted molar refractivity (Wildman–Crippen MR) is 94.1 cm³/mol. The van der Waals surface area contributed by atoms with Gasteiger partial charge in [-0.3, -0.25) is 9.48 Å². The number of aryl methyl sites for hydroxylation is 1. The van der Waals surface area contributed by atoms with Crippen molar-refractivity contribution in [1.82, 2.24) is 14.8 Å². The smallest absolute Gasteiger partial charge is 0.230 e. The second kappa shape index (κ2) is 6.24. The molecule has 7 heteroatoms. The van der Waals surface area contributed by atoms with E-state index in [2.05, 4.69) is 36.2 Å². The van der Waals surface area contributed by atoms with Gasteiger partial charge < -0.3 is 9.73 Å². The second-order valence-corrected chi connectivity index (χ2v) is 7.48. The summed E-state index contributed by atoms with van der Waals surface area (Å²) in [7, 11) is 0. The summed E-state index contributed by atoms with van der Waals surface area (Å²) in [5.74, 6) is 1.46. The van der Waals surface area contributed by atoms with Gasteiger partial charge in [-0.1, -0.05) is 0 Å². The van der Waals surface area contributed by atoms with Crippen LogP contribution in [0.2, 0.25) is 0 Å². The van der Waals surface area contributed by atoms with Crippen LogP contribution in [0.25, 0.3) is 10.8 Å². The standard InChI is InChI=1S/C17H20N4O2S/c1-11-5-6-14(23-11)16-20-12(10-24-16)7-15(22)19-13-8-18-21(9-13)17(2,3)4/h5-6,8-10H,7H2,1-4H3,(H,19,22). The van der Waals surface area contributed by atoms with Crippen LogP contribution >= 0.6 is 11.3 Å². The Morgan fingerprint density at radius 3 is 2.79 bits per heavy atom. The van der Waals surface area contributed by atoms with Gasteiger partial charge in [-0.15, -0.1) is 11.3 Å². The molecule has 3 aromatic rings. The van der Waals surface area contributed by atoms with Gasteiger partial charge in [0.2, 0.25) is 5.91 Å². The quantitative estimate of drug-likeness (QED) is 0.780. The summed E-state index contributed by atoms with van der Waals surface area (Å²) in [5.41, 5.74) is 1.30. The van der Waals surface area contributed by atoms with Crippen molar-refractivity contribution >= 4 is 22.9 Å². The fraction of sp³-hybridized carbons (Fsp3) is 0.353. The van der Waals surface area contributed by atoms with Crippen LogP contribution in [0, 0.1) is 6.92 Å². The first-order chi connectivity index (χ1) is 11.3. The van der Waals surface area contributed by atoms with Crippen molar-refractivity contribution < 1.29 is 9.21 Å². The highest BCUT2D eigenvalue weighted by atomic mass is 32.1. The summed E-state index contributed by atoms with van der Waals surface area (Å²) >= 11 is 1.47. The average Bonchev–Trinajstić information content (AvgIpc) is 3.18. The first kappa shape index (κ1) is 16.4. The highest BCUT2D eigenvalue weighted by Crippen LogP contribution is 2.25. The van der Waals surface area contributed by atoms with Gasteiger partial charge in [0.25, 0.3) is 0 Å². The molecular formula is C17H20N4O2S. The predicted octanol–water partition coefficient (Wildman–Crippen LogP) is 3.84. The van der Waals surface area contributed by atoms with Gasteiger partial charge in [0.05, 0.1) is 29.5 Å². The Morgan fingerprint density at radius 2 is 2.17 bits per heavy atom. The lowest BCUT2D eigenvalue weighted by molar-refractivity contribution is -0.115. The molecule has 6 nitrogen and oxygen atoms in total. The number of rotatable bonds is 4. The average molecular weight is 344 g/mol. The van der Waals surface area contributed by atoms with Gasteiger partial charge in [0, 0.05) is 11.6 Å². The van der Waals surface area contributed by atoms with Gasteiger partial charge in [0.1, 0.15) is 5.76 Å². The maximum atomic E-state index is 12.2. The zero-order valence-electron chi connectivity index (χ0n) is 14.2. The number of nitrogens with one attached hydrogen (secondary N) is 1. The molecule has 1 amide bonds. The molecule has 0 aromatic carbocycles. The van der Waals surface area contributed by atoms with Crippen molar-refractivity contribution in [3.63, 3.8) is 0 Å². The third-order valence-electron chi connectivity index (χ3n) is 3.40. The van der Waals surface area contributed by atoms with Crippen LogP contribution in [0.15, 0.2) is 34.3 Å². The van der Waals surface area contributed by atoms with Crippen LogP contribution in [0.3, 0.4) is 0 Å². The number of hydrogen-bond acceptors (Lipinski definition) is 5. The van der Waals surface area contributed by atoms with E-state index < -0.39 is 0 Å². The van der Waals surface area contributed by atoms with E-state index in [1.54, 1.807) is 6.20 Å². The number of anilines is 1. The first-order valence-corrected chi connectivity index (χ1v) is 8.55. The zero-order chi connectivity index (χ0) is 17.3. The molecule has 3 aromatic heterocycles. The van der Waals surface area contributed by atoms with Crippen LogP contribution in [-0.2, 0) is 16.8 Å². The molecular weight excluding hydrogens is 324 g/mol. The number of nitrogens with zero attached hydrogens (tertiary/aromatic N) is 3.